The number of hydrogen-bond acceptors (Lipinski definition) is 5. The fourth-order valence-electron chi connectivity index (χ4n) is 1.56. The third-order valence-corrected chi connectivity index (χ3v) is 2.44. The molecule has 0 amide bonds. The van der Waals surface area contributed by atoms with Gasteiger partial charge in [0.15, 0.2) is 0 Å². The molecule has 5 N–H and O–H groups in total. The minimum Gasteiger partial charge on any atom is -0.507 e. The van der Waals surface area contributed by atoms with Gasteiger partial charge >= 0.3 is 0 Å². The van der Waals surface area contributed by atoms with Crippen molar-refractivity contribution in [1.82, 2.24) is 0 Å². The largest absolute Gasteiger partial charge is 0.507 e. The van der Waals surface area contributed by atoms with Crippen LogP contribution in [0.25, 0.3) is 0 Å². The average Bonchev–Trinajstić information content (AvgIpc) is 2.21. The van der Waals surface area contributed by atoms with E-state index < -0.39 is 11.0 Å². The summed E-state index contributed by atoms with van der Waals surface area (Å²) in [5.74, 6) is -0.116. The molecule has 1 rings (SSSR count). The summed E-state index contributed by atoms with van der Waals surface area (Å²) in [6.07, 6.45) is 0.387. The zero-order valence-electron chi connectivity index (χ0n) is 9.01. The summed E-state index contributed by atoms with van der Waals surface area (Å²) < 4.78 is 0. The molecule has 0 aliphatic heterocycles. The molecule has 6 heteroatoms. The monoisotopic (exact) mass is 225 g/mol. The van der Waals surface area contributed by atoms with E-state index in [2.05, 4.69) is 0 Å². The Labute approximate surface area is 93.0 Å². The van der Waals surface area contributed by atoms with Crippen LogP contribution in [-0.2, 0) is 0 Å². The molecule has 0 saturated carbocycles. The topological polar surface area (TPSA) is 115 Å². The number of nitro groups is 1. The number of phenols is 1. The van der Waals surface area contributed by atoms with Gasteiger partial charge in [0.25, 0.3) is 5.69 Å². The van der Waals surface area contributed by atoms with E-state index in [0.29, 0.717) is 18.5 Å². The summed E-state index contributed by atoms with van der Waals surface area (Å²) >= 11 is 0. The van der Waals surface area contributed by atoms with Gasteiger partial charge in [0.2, 0.25) is 0 Å². The third-order valence-electron chi connectivity index (χ3n) is 2.44. The normalized spacial score (nSPS) is 12.4. The molecule has 0 aliphatic carbocycles. The summed E-state index contributed by atoms with van der Waals surface area (Å²) in [5.41, 5.74) is 11.7. The number of aromatic hydroxyl groups is 1. The Hall–Kier alpha value is -1.66. The standard InChI is InChI=1S/C10H15N3O3/c1-6-2-3-8(13(15)16)9(10(6)14)7(12)4-5-11/h2-3,7,14H,4-5,11-12H2,1H3/t7-/m1/s1. The number of benzene rings is 1. The van der Waals surface area contributed by atoms with Crippen molar-refractivity contribution in [2.45, 2.75) is 19.4 Å². The van der Waals surface area contributed by atoms with E-state index in [1.165, 1.54) is 12.1 Å². The average molecular weight is 225 g/mol. The molecule has 1 atom stereocenters. The van der Waals surface area contributed by atoms with Crippen LogP contribution in [0.3, 0.4) is 0 Å². The van der Waals surface area contributed by atoms with Crippen molar-refractivity contribution in [1.29, 1.82) is 0 Å². The second-order valence-electron chi connectivity index (χ2n) is 3.60. The first kappa shape index (κ1) is 12.4. The van der Waals surface area contributed by atoms with Gasteiger partial charge in [0.1, 0.15) is 5.75 Å². The predicted octanol–water partition coefficient (Wildman–Crippen LogP) is 0.957. The van der Waals surface area contributed by atoms with E-state index >= 15 is 0 Å². The smallest absolute Gasteiger partial charge is 0.277 e. The van der Waals surface area contributed by atoms with Crippen LogP contribution in [0.5, 0.6) is 5.75 Å². The maximum Gasteiger partial charge on any atom is 0.277 e. The van der Waals surface area contributed by atoms with E-state index in [1.54, 1.807) is 6.92 Å². The summed E-state index contributed by atoms with van der Waals surface area (Å²) in [6, 6.07) is 2.22. The molecule has 0 fully saturated rings. The molecule has 0 saturated heterocycles. The highest BCUT2D eigenvalue weighted by Gasteiger charge is 2.23. The van der Waals surface area contributed by atoms with Crippen LogP contribution in [0.2, 0.25) is 0 Å². The van der Waals surface area contributed by atoms with Crippen molar-refractivity contribution >= 4 is 5.69 Å². The van der Waals surface area contributed by atoms with Crippen LogP contribution in [0.1, 0.15) is 23.6 Å². The van der Waals surface area contributed by atoms with Crippen LogP contribution in [0, 0.1) is 17.0 Å². The van der Waals surface area contributed by atoms with Crippen molar-refractivity contribution < 1.29 is 10.0 Å². The fourth-order valence-corrected chi connectivity index (χ4v) is 1.56. The number of nitro benzene ring substituents is 1. The molecule has 0 aromatic heterocycles. The molecular formula is C10H15N3O3. The van der Waals surface area contributed by atoms with Crippen molar-refractivity contribution in [3.8, 4) is 5.75 Å². The lowest BCUT2D eigenvalue weighted by Gasteiger charge is -2.14. The summed E-state index contributed by atoms with van der Waals surface area (Å²) in [5, 5.41) is 20.6. The van der Waals surface area contributed by atoms with Gasteiger partial charge in [0.05, 0.1) is 10.5 Å². The minimum atomic E-state index is -0.620. The SMILES string of the molecule is Cc1ccc([N+](=O)[O-])c([C@H](N)CCN)c1O. The molecule has 0 heterocycles. The highest BCUT2D eigenvalue weighted by atomic mass is 16.6. The van der Waals surface area contributed by atoms with Gasteiger partial charge in [-0.3, -0.25) is 10.1 Å². The Bertz CT molecular complexity index is 407. The van der Waals surface area contributed by atoms with E-state index in [9.17, 15) is 15.2 Å². The summed E-state index contributed by atoms with van der Waals surface area (Å²) in [7, 11) is 0. The van der Waals surface area contributed by atoms with Crippen LogP contribution in [0.4, 0.5) is 5.69 Å². The minimum absolute atomic E-state index is 0.116. The lowest BCUT2D eigenvalue weighted by Crippen LogP contribution is -2.17. The molecular weight excluding hydrogens is 210 g/mol. The number of aryl methyl sites for hydroxylation is 1. The first-order chi connectivity index (χ1) is 7.49. The number of rotatable bonds is 4. The van der Waals surface area contributed by atoms with E-state index in [0.717, 1.165) is 0 Å². The Balaban J connectivity index is 3.31. The molecule has 0 aliphatic rings. The lowest BCUT2D eigenvalue weighted by molar-refractivity contribution is -0.385. The van der Waals surface area contributed by atoms with Gasteiger partial charge in [-0.2, -0.15) is 0 Å². The molecule has 0 radical (unpaired) electrons. The van der Waals surface area contributed by atoms with Crippen molar-refractivity contribution in [2.24, 2.45) is 11.5 Å². The Morgan fingerprint density at radius 3 is 2.69 bits per heavy atom. The molecule has 88 valence electrons. The highest BCUT2D eigenvalue weighted by molar-refractivity contribution is 5.54. The first-order valence-electron chi connectivity index (χ1n) is 4.91. The van der Waals surface area contributed by atoms with Crippen molar-refractivity contribution in [2.75, 3.05) is 6.54 Å². The molecule has 0 spiro atoms. The highest BCUT2D eigenvalue weighted by Crippen LogP contribution is 2.35. The van der Waals surface area contributed by atoms with Crippen LogP contribution >= 0.6 is 0 Å². The predicted molar refractivity (Wildman–Crippen MR) is 60.1 cm³/mol. The zero-order chi connectivity index (χ0) is 12.3. The van der Waals surface area contributed by atoms with Crippen molar-refractivity contribution in [3.63, 3.8) is 0 Å². The zero-order valence-corrected chi connectivity index (χ0v) is 9.01. The summed E-state index contributed by atoms with van der Waals surface area (Å²) in [6.45, 7) is 1.98. The number of phenolic OH excluding ortho intramolecular Hbond substituents is 1. The molecule has 1 aromatic rings. The van der Waals surface area contributed by atoms with Crippen LogP contribution in [0.15, 0.2) is 12.1 Å². The molecule has 0 unspecified atom stereocenters. The maximum absolute atomic E-state index is 10.8. The van der Waals surface area contributed by atoms with Crippen LogP contribution < -0.4 is 11.5 Å². The van der Waals surface area contributed by atoms with Gasteiger partial charge in [-0.05, 0) is 31.5 Å². The Morgan fingerprint density at radius 2 is 2.19 bits per heavy atom. The van der Waals surface area contributed by atoms with Gasteiger partial charge in [-0.15, -0.1) is 0 Å². The first-order valence-corrected chi connectivity index (χ1v) is 4.91. The Morgan fingerprint density at radius 1 is 1.56 bits per heavy atom. The second-order valence-corrected chi connectivity index (χ2v) is 3.60. The van der Waals surface area contributed by atoms with Crippen molar-refractivity contribution in [3.05, 3.63) is 33.4 Å². The van der Waals surface area contributed by atoms with E-state index in [1.807, 2.05) is 0 Å². The molecule has 0 bridgehead atoms. The molecule has 1 aromatic carbocycles. The number of hydrogen-bond donors (Lipinski definition) is 3. The lowest BCUT2D eigenvalue weighted by atomic mass is 9.99. The maximum atomic E-state index is 10.8. The quantitative estimate of drug-likeness (QED) is 0.521. The van der Waals surface area contributed by atoms with Crippen LogP contribution in [-0.4, -0.2) is 16.6 Å². The molecule has 6 nitrogen and oxygen atoms in total. The summed E-state index contributed by atoms with van der Waals surface area (Å²) in [4.78, 5) is 10.3. The Kier molecular flexibility index (Phi) is 3.81. The fraction of sp³-hybridized carbons (Fsp3) is 0.400. The second kappa shape index (κ2) is 4.91. The molecule has 16 heavy (non-hydrogen) atoms. The van der Waals surface area contributed by atoms with E-state index in [4.69, 9.17) is 11.5 Å². The van der Waals surface area contributed by atoms with Gasteiger partial charge in [0, 0.05) is 12.1 Å². The van der Waals surface area contributed by atoms with Gasteiger partial charge in [-0.25, -0.2) is 0 Å². The third kappa shape index (κ3) is 2.29. The van der Waals surface area contributed by atoms with Gasteiger partial charge in [-0.1, -0.05) is 0 Å². The number of nitrogens with zero attached hydrogens (tertiary/aromatic N) is 1. The van der Waals surface area contributed by atoms with Gasteiger partial charge < -0.3 is 16.6 Å². The van der Waals surface area contributed by atoms with E-state index in [-0.39, 0.29) is 17.0 Å². The number of nitrogens with two attached hydrogens (primary N) is 2.